The van der Waals surface area contributed by atoms with Crippen molar-refractivity contribution in [1.82, 2.24) is 15.5 Å². The summed E-state index contributed by atoms with van der Waals surface area (Å²) in [6, 6.07) is 12.1. The number of benzene rings is 2. The second kappa shape index (κ2) is 12.3. The quantitative estimate of drug-likeness (QED) is 0.616. The predicted molar refractivity (Wildman–Crippen MR) is 138 cm³/mol. The molecule has 2 aromatic rings. The van der Waals surface area contributed by atoms with E-state index in [1.807, 2.05) is 6.07 Å². The molecular formula is C27H32N4O7. The first kappa shape index (κ1) is 26.8. The number of anilines is 1. The lowest BCUT2D eigenvalue weighted by molar-refractivity contribution is -0.139. The third-order valence-electron chi connectivity index (χ3n) is 6.50. The van der Waals surface area contributed by atoms with E-state index in [0.29, 0.717) is 34.9 Å². The largest absolute Gasteiger partial charge is 0.497 e. The molecule has 0 aromatic heterocycles. The Bertz CT molecular complexity index is 1200. The summed E-state index contributed by atoms with van der Waals surface area (Å²) in [6.45, 7) is 0.878. The van der Waals surface area contributed by atoms with Gasteiger partial charge in [0.25, 0.3) is 5.91 Å². The summed E-state index contributed by atoms with van der Waals surface area (Å²) in [5.74, 6) is -0.253. The number of fused-ring (bicyclic) bond motifs is 1. The van der Waals surface area contributed by atoms with E-state index in [9.17, 15) is 19.2 Å². The number of rotatable bonds is 4. The molecule has 4 rings (SSSR count). The van der Waals surface area contributed by atoms with Crippen LogP contribution < -0.4 is 29.7 Å². The van der Waals surface area contributed by atoms with Crippen molar-refractivity contribution in [3.8, 4) is 17.2 Å². The highest BCUT2D eigenvalue weighted by atomic mass is 16.5. The van der Waals surface area contributed by atoms with Gasteiger partial charge < -0.3 is 34.6 Å². The van der Waals surface area contributed by atoms with Crippen molar-refractivity contribution in [2.75, 3.05) is 58.5 Å². The number of para-hydroxylation sites is 2. The number of carbonyl (C=O) groups excluding carboxylic acids is 4. The third-order valence-corrected chi connectivity index (χ3v) is 6.50. The smallest absolute Gasteiger partial charge is 0.255 e. The van der Waals surface area contributed by atoms with Gasteiger partial charge in [-0.2, -0.15) is 0 Å². The molecule has 2 aromatic carbocycles. The first-order chi connectivity index (χ1) is 18.4. The molecule has 2 aliphatic heterocycles. The number of hydrogen-bond donors (Lipinski definition) is 2. The van der Waals surface area contributed by atoms with Crippen molar-refractivity contribution >= 4 is 29.3 Å². The van der Waals surface area contributed by atoms with Gasteiger partial charge in [-0.3, -0.25) is 19.2 Å². The molecule has 0 saturated carbocycles. The van der Waals surface area contributed by atoms with Crippen LogP contribution >= 0.6 is 0 Å². The Balaban J connectivity index is 1.45. The highest BCUT2D eigenvalue weighted by Gasteiger charge is 2.38. The van der Waals surface area contributed by atoms with E-state index < -0.39 is 5.92 Å². The molecule has 1 fully saturated rings. The summed E-state index contributed by atoms with van der Waals surface area (Å²) in [4.78, 5) is 54.7. The molecule has 11 heteroatoms. The van der Waals surface area contributed by atoms with Crippen LogP contribution in [0, 0.1) is 5.92 Å². The number of nitrogens with one attached hydrogen (secondary N) is 2. The average molecular weight is 525 g/mol. The maximum absolute atomic E-state index is 13.5. The molecule has 1 atom stereocenters. The minimum atomic E-state index is -0.598. The number of nitrogens with zero attached hydrogens (tertiary/aromatic N) is 2. The molecule has 0 bridgehead atoms. The number of methoxy groups -OCH3 is 2. The van der Waals surface area contributed by atoms with Crippen molar-refractivity contribution in [3.63, 3.8) is 0 Å². The minimum Gasteiger partial charge on any atom is -0.497 e. The number of carbonyl (C=O) groups is 4. The molecule has 2 N–H and O–H groups in total. The molecule has 0 aliphatic carbocycles. The van der Waals surface area contributed by atoms with Crippen molar-refractivity contribution in [2.45, 2.75) is 12.8 Å². The van der Waals surface area contributed by atoms with Crippen LogP contribution in [0.1, 0.15) is 23.2 Å². The van der Waals surface area contributed by atoms with Crippen LogP contribution in [-0.4, -0.2) is 82.1 Å². The average Bonchev–Trinajstić information content (AvgIpc) is 3.32. The fraction of sp³-hybridized carbons (Fsp3) is 0.407. The van der Waals surface area contributed by atoms with E-state index in [-0.39, 0.29) is 69.4 Å². The molecular weight excluding hydrogens is 492 g/mol. The van der Waals surface area contributed by atoms with Gasteiger partial charge in [-0.05, 0) is 30.7 Å². The zero-order chi connectivity index (χ0) is 27.1. The summed E-state index contributed by atoms with van der Waals surface area (Å²) >= 11 is 0. The molecule has 0 spiro atoms. The first-order valence-electron chi connectivity index (χ1n) is 12.5. The van der Waals surface area contributed by atoms with E-state index in [0.717, 1.165) is 0 Å². The van der Waals surface area contributed by atoms with Crippen molar-refractivity contribution < 1.29 is 33.4 Å². The highest BCUT2D eigenvalue weighted by molar-refractivity contribution is 6.01. The maximum Gasteiger partial charge on any atom is 0.255 e. The maximum atomic E-state index is 13.5. The molecule has 2 aliphatic rings. The van der Waals surface area contributed by atoms with Gasteiger partial charge in [0.2, 0.25) is 17.7 Å². The minimum absolute atomic E-state index is 0.0415. The number of amides is 4. The molecule has 202 valence electrons. The van der Waals surface area contributed by atoms with Gasteiger partial charge in [-0.15, -0.1) is 0 Å². The van der Waals surface area contributed by atoms with Gasteiger partial charge in [-0.1, -0.05) is 12.1 Å². The zero-order valence-corrected chi connectivity index (χ0v) is 21.5. The van der Waals surface area contributed by atoms with Crippen molar-refractivity contribution in [2.24, 2.45) is 5.92 Å². The molecule has 1 saturated heterocycles. The molecule has 0 radical (unpaired) electrons. The number of ether oxygens (including phenoxy) is 3. The molecule has 11 nitrogen and oxygen atoms in total. The second-order valence-electron chi connectivity index (χ2n) is 9.01. The van der Waals surface area contributed by atoms with Crippen LogP contribution in [0.3, 0.4) is 0 Å². The van der Waals surface area contributed by atoms with E-state index >= 15 is 0 Å². The van der Waals surface area contributed by atoms with Gasteiger partial charge >= 0.3 is 0 Å². The van der Waals surface area contributed by atoms with Crippen LogP contribution in [0.4, 0.5) is 5.69 Å². The van der Waals surface area contributed by atoms with E-state index in [2.05, 4.69) is 10.6 Å². The standard InChI is InChI=1S/C27H32N4O7/c1-36-19-8-9-20-23(15-19)38-13-11-28-24(32)17-30(12-5-10-29-26(20)34)27(35)18-14-25(33)31(16-18)21-6-3-4-7-22(21)37-2/h3-4,6-9,15,18H,5,10-14,16-17H2,1-2H3,(H,28,32)(H,29,34). The lowest BCUT2D eigenvalue weighted by Crippen LogP contribution is -2.45. The van der Waals surface area contributed by atoms with Gasteiger partial charge in [0.15, 0.2) is 0 Å². The molecule has 1 unspecified atom stereocenters. The fourth-order valence-electron chi connectivity index (χ4n) is 4.57. The Morgan fingerprint density at radius 1 is 1.03 bits per heavy atom. The van der Waals surface area contributed by atoms with Crippen LogP contribution in [0.25, 0.3) is 0 Å². The SMILES string of the molecule is COc1ccc2c(c1)OCCNC(=O)CN(C(=O)C1CC(=O)N(c3ccccc3OC)C1)CCCNC2=O. The summed E-state index contributed by atoms with van der Waals surface area (Å²) < 4.78 is 16.3. The van der Waals surface area contributed by atoms with Crippen LogP contribution in [-0.2, 0) is 14.4 Å². The summed E-state index contributed by atoms with van der Waals surface area (Å²) in [5.41, 5.74) is 0.956. The first-order valence-corrected chi connectivity index (χ1v) is 12.5. The van der Waals surface area contributed by atoms with Crippen molar-refractivity contribution in [1.29, 1.82) is 0 Å². The Morgan fingerprint density at radius 2 is 1.84 bits per heavy atom. The van der Waals surface area contributed by atoms with Gasteiger partial charge in [0, 0.05) is 32.1 Å². The van der Waals surface area contributed by atoms with Crippen LogP contribution in [0.5, 0.6) is 17.2 Å². The zero-order valence-electron chi connectivity index (χ0n) is 21.5. The number of hydrogen-bond acceptors (Lipinski definition) is 7. The van der Waals surface area contributed by atoms with E-state index in [1.165, 1.54) is 19.1 Å². The normalized spacial score (nSPS) is 19.0. The van der Waals surface area contributed by atoms with Crippen molar-refractivity contribution in [3.05, 3.63) is 48.0 Å². The van der Waals surface area contributed by atoms with Gasteiger partial charge in [0.1, 0.15) is 23.9 Å². The topological polar surface area (TPSA) is 127 Å². The van der Waals surface area contributed by atoms with Crippen LogP contribution in [0.15, 0.2) is 42.5 Å². The lowest BCUT2D eigenvalue weighted by Gasteiger charge is -2.26. The van der Waals surface area contributed by atoms with Crippen LogP contribution in [0.2, 0.25) is 0 Å². The highest BCUT2D eigenvalue weighted by Crippen LogP contribution is 2.33. The summed E-state index contributed by atoms with van der Waals surface area (Å²) in [6.07, 6.45) is 0.466. The van der Waals surface area contributed by atoms with E-state index in [1.54, 1.807) is 41.3 Å². The lowest BCUT2D eigenvalue weighted by atomic mass is 10.1. The Labute approximate surface area is 221 Å². The Hall–Kier alpha value is -4.28. The predicted octanol–water partition coefficient (Wildman–Crippen LogP) is 1.21. The Kier molecular flexibility index (Phi) is 8.67. The monoisotopic (exact) mass is 524 g/mol. The molecule has 4 amide bonds. The molecule has 38 heavy (non-hydrogen) atoms. The third kappa shape index (κ3) is 6.16. The Morgan fingerprint density at radius 3 is 2.63 bits per heavy atom. The second-order valence-corrected chi connectivity index (χ2v) is 9.01. The van der Waals surface area contributed by atoms with Gasteiger partial charge in [0.05, 0.1) is 44.5 Å². The summed E-state index contributed by atoms with van der Waals surface area (Å²) in [5, 5.41) is 5.60. The fourth-order valence-corrected chi connectivity index (χ4v) is 4.57. The van der Waals surface area contributed by atoms with Gasteiger partial charge in [-0.25, -0.2) is 0 Å². The molecule has 2 heterocycles. The summed E-state index contributed by atoms with van der Waals surface area (Å²) in [7, 11) is 3.05. The van der Waals surface area contributed by atoms with E-state index in [4.69, 9.17) is 14.2 Å².